The molecule has 0 heterocycles. The molecule has 0 fully saturated rings. The average Bonchev–Trinajstić information content (AvgIpc) is 2.53. The maximum Gasteiger partial charge on any atom is 0.133 e. The van der Waals surface area contributed by atoms with E-state index in [1.807, 2.05) is 24.3 Å². The lowest BCUT2D eigenvalue weighted by molar-refractivity contribution is 0.599. The Balaban J connectivity index is 1.92. The smallest absolute Gasteiger partial charge is 0.133 e. The van der Waals surface area contributed by atoms with E-state index in [1.165, 1.54) is 17.7 Å². The molecular weight excluding hydrogens is 285 g/mol. The highest BCUT2D eigenvalue weighted by Crippen LogP contribution is 2.27. The van der Waals surface area contributed by atoms with Crippen LogP contribution in [0.4, 0.5) is 8.78 Å². The molecule has 3 heteroatoms. The lowest BCUT2D eigenvalue weighted by atomic mass is 9.93. The zero-order chi connectivity index (χ0) is 14.8. The maximum atomic E-state index is 13.6. The number of rotatable bonds is 2. The summed E-state index contributed by atoms with van der Waals surface area (Å²) in [6.07, 6.45) is 9.59. The van der Waals surface area contributed by atoms with Gasteiger partial charge in [-0.3, -0.25) is 0 Å². The molecule has 0 bridgehead atoms. The van der Waals surface area contributed by atoms with Gasteiger partial charge in [-0.15, -0.1) is 0 Å². The van der Waals surface area contributed by atoms with Crippen LogP contribution in [-0.2, 0) is 0 Å². The summed E-state index contributed by atoms with van der Waals surface area (Å²) in [5.41, 5.74) is 2.54. The highest BCUT2D eigenvalue weighted by molar-refractivity contribution is 7.27. The molecule has 0 saturated carbocycles. The first-order chi connectivity index (χ1) is 10.1. The second-order valence-corrected chi connectivity index (χ2v) is 5.67. The fourth-order valence-electron chi connectivity index (χ4n) is 2.46. The molecule has 1 atom stereocenters. The van der Waals surface area contributed by atoms with E-state index in [0.717, 1.165) is 12.0 Å². The van der Waals surface area contributed by atoms with Crippen LogP contribution in [0.1, 0.15) is 17.9 Å². The van der Waals surface area contributed by atoms with Gasteiger partial charge in [-0.2, -0.15) is 0 Å². The summed E-state index contributed by atoms with van der Waals surface area (Å²) in [5.74, 6) is -0.801. The molecule has 0 aliphatic heterocycles. The molecule has 2 aromatic rings. The third kappa shape index (κ3) is 2.96. The Morgan fingerprint density at radius 2 is 1.43 bits per heavy atom. The predicted molar refractivity (Wildman–Crippen MR) is 86.8 cm³/mol. The summed E-state index contributed by atoms with van der Waals surface area (Å²) < 4.78 is 27.2. The van der Waals surface area contributed by atoms with Crippen LogP contribution in [0.5, 0.6) is 0 Å². The van der Waals surface area contributed by atoms with E-state index >= 15 is 0 Å². The van der Waals surface area contributed by atoms with E-state index in [1.54, 1.807) is 0 Å². The van der Waals surface area contributed by atoms with Crippen molar-refractivity contribution in [3.63, 3.8) is 0 Å². The number of halogens is 2. The minimum Gasteiger partial charge on any atom is -0.206 e. The van der Waals surface area contributed by atoms with Gasteiger partial charge in [-0.05, 0) is 35.2 Å². The Labute approximate surface area is 125 Å². The average molecular weight is 300 g/mol. The first kappa shape index (κ1) is 14.2. The van der Waals surface area contributed by atoms with E-state index in [0.29, 0.717) is 5.56 Å². The van der Waals surface area contributed by atoms with Gasteiger partial charge in [0.05, 0.1) is 0 Å². The molecule has 106 valence electrons. The van der Waals surface area contributed by atoms with Gasteiger partial charge in [0.2, 0.25) is 0 Å². The fourth-order valence-corrected chi connectivity index (χ4v) is 2.63. The van der Waals surface area contributed by atoms with Crippen molar-refractivity contribution in [1.29, 1.82) is 0 Å². The molecule has 21 heavy (non-hydrogen) atoms. The number of hydrogen-bond acceptors (Lipinski definition) is 0. The summed E-state index contributed by atoms with van der Waals surface area (Å²) in [4.78, 5) is 0. The van der Waals surface area contributed by atoms with Crippen LogP contribution in [0, 0.1) is 11.6 Å². The van der Waals surface area contributed by atoms with Crippen molar-refractivity contribution in [3.05, 3.63) is 77.9 Å². The third-order valence-electron chi connectivity index (χ3n) is 3.67. The molecule has 0 N–H and O–H groups in total. The lowest BCUT2D eigenvalue weighted by Crippen LogP contribution is -2.04. The van der Waals surface area contributed by atoms with Gasteiger partial charge in [0.1, 0.15) is 11.6 Å². The Morgan fingerprint density at radius 1 is 0.857 bits per heavy atom. The van der Waals surface area contributed by atoms with Crippen LogP contribution >= 0.6 is 9.24 Å². The standard InChI is InChI=1S/C18H15F2P/c19-16-10-15(11-17(20)18(16)21)14-8-6-13(7-9-14)12-4-2-1-3-5-12/h2-12H,1,21H2. The normalized spacial score (nSPS) is 14.6. The van der Waals surface area contributed by atoms with E-state index in [4.69, 9.17) is 0 Å². The zero-order valence-corrected chi connectivity index (χ0v) is 12.5. The lowest BCUT2D eigenvalue weighted by Gasteiger charge is -2.12. The molecule has 0 nitrogen and oxygen atoms in total. The molecule has 0 saturated heterocycles. The van der Waals surface area contributed by atoms with Gasteiger partial charge in [-0.1, -0.05) is 57.8 Å². The molecule has 3 rings (SSSR count). The van der Waals surface area contributed by atoms with E-state index in [9.17, 15) is 8.78 Å². The summed E-state index contributed by atoms with van der Waals surface area (Å²) in [6, 6.07) is 10.5. The summed E-state index contributed by atoms with van der Waals surface area (Å²) in [6.45, 7) is 0. The van der Waals surface area contributed by atoms with Crippen LogP contribution in [0.25, 0.3) is 11.1 Å². The van der Waals surface area contributed by atoms with Crippen LogP contribution in [-0.4, -0.2) is 0 Å². The molecule has 1 unspecified atom stereocenters. The molecule has 1 aliphatic rings. The molecule has 1 aliphatic carbocycles. The monoisotopic (exact) mass is 300 g/mol. The predicted octanol–water partition coefficient (Wildman–Crippen LogP) is 4.73. The van der Waals surface area contributed by atoms with Crippen LogP contribution in [0.3, 0.4) is 0 Å². The van der Waals surface area contributed by atoms with Gasteiger partial charge in [0.15, 0.2) is 0 Å². The van der Waals surface area contributed by atoms with Gasteiger partial charge in [0.25, 0.3) is 0 Å². The highest BCUT2D eigenvalue weighted by Gasteiger charge is 2.10. The quantitative estimate of drug-likeness (QED) is 0.555. The molecule has 0 spiro atoms. The zero-order valence-electron chi connectivity index (χ0n) is 11.4. The maximum absolute atomic E-state index is 13.6. The minimum absolute atomic E-state index is 0.0205. The molecule has 0 radical (unpaired) electrons. The van der Waals surface area contributed by atoms with Gasteiger partial charge in [-0.25, -0.2) is 8.78 Å². The topological polar surface area (TPSA) is 0 Å². The van der Waals surface area contributed by atoms with Crippen molar-refractivity contribution >= 4 is 14.5 Å². The largest absolute Gasteiger partial charge is 0.206 e. The second-order valence-electron chi connectivity index (χ2n) is 5.09. The Hall–Kier alpha value is -1.79. The van der Waals surface area contributed by atoms with Gasteiger partial charge in [0, 0.05) is 11.2 Å². The Bertz CT molecular complexity index is 679. The third-order valence-corrected chi connectivity index (χ3v) is 4.22. The van der Waals surface area contributed by atoms with Crippen molar-refractivity contribution < 1.29 is 8.78 Å². The van der Waals surface area contributed by atoms with Crippen LogP contribution in [0.2, 0.25) is 0 Å². The SMILES string of the molecule is Fc1cc(-c2ccc(C3C=CCC=C3)cc2)cc(F)c1P. The first-order valence-corrected chi connectivity index (χ1v) is 7.41. The second kappa shape index (κ2) is 5.91. The summed E-state index contributed by atoms with van der Waals surface area (Å²) >= 11 is 0. The van der Waals surface area contributed by atoms with Crippen molar-refractivity contribution in [2.45, 2.75) is 12.3 Å². The van der Waals surface area contributed by atoms with E-state index < -0.39 is 11.6 Å². The molecule has 0 amide bonds. The Kier molecular flexibility index (Phi) is 3.98. The number of benzene rings is 2. The van der Waals surface area contributed by atoms with Crippen molar-refractivity contribution in [2.75, 3.05) is 0 Å². The van der Waals surface area contributed by atoms with Crippen molar-refractivity contribution in [1.82, 2.24) is 0 Å². The highest BCUT2D eigenvalue weighted by atomic mass is 31.0. The molecular formula is C18H15F2P. The summed E-state index contributed by atoms with van der Waals surface area (Å²) in [5, 5.41) is -0.0205. The number of hydrogen-bond donors (Lipinski definition) is 0. The minimum atomic E-state index is -0.544. The molecule has 0 aromatic heterocycles. The van der Waals surface area contributed by atoms with Crippen LogP contribution < -0.4 is 5.30 Å². The summed E-state index contributed by atoms with van der Waals surface area (Å²) in [7, 11) is 2.08. The van der Waals surface area contributed by atoms with Gasteiger partial charge < -0.3 is 0 Å². The van der Waals surface area contributed by atoms with E-state index in [-0.39, 0.29) is 11.2 Å². The number of allylic oxidation sites excluding steroid dienone is 4. The van der Waals surface area contributed by atoms with Crippen molar-refractivity contribution in [3.8, 4) is 11.1 Å². The molecule has 2 aromatic carbocycles. The fraction of sp³-hybridized carbons (Fsp3) is 0.111. The van der Waals surface area contributed by atoms with Crippen LogP contribution in [0.15, 0.2) is 60.7 Å². The Morgan fingerprint density at radius 3 is 2.00 bits per heavy atom. The van der Waals surface area contributed by atoms with E-state index in [2.05, 4.69) is 33.5 Å². The first-order valence-electron chi connectivity index (χ1n) is 6.83. The van der Waals surface area contributed by atoms with Gasteiger partial charge >= 0.3 is 0 Å². The van der Waals surface area contributed by atoms with Crippen molar-refractivity contribution in [2.24, 2.45) is 0 Å².